The number of hydrogen-bond donors (Lipinski definition) is 3. The van der Waals surface area contributed by atoms with E-state index in [4.69, 9.17) is 4.42 Å². The molecule has 0 saturated carbocycles. The first-order valence-corrected chi connectivity index (χ1v) is 14.6. The first kappa shape index (κ1) is 28.1. The highest BCUT2D eigenvalue weighted by Crippen LogP contribution is 2.35. The van der Waals surface area contributed by atoms with Gasteiger partial charge in [0.15, 0.2) is 17.4 Å². The molecule has 0 aliphatic carbocycles. The second kappa shape index (κ2) is 10.9. The smallest absolute Gasteiger partial charge is 0.367 e. The number of amides is 1. The summed E-state index contributed by atoms with van der Waals surface area (Å²) in [5, 5.41) is 17.1. The average molecular weight is 580 g/mol. The van der Waals surface area contributed by atoms with Crippen molar-refractivity contribution in [1.29, 1.82) is 0 Å². The monoisotopic (exact) mass is 579 g/mol. The highest BCUT2D eigenvalue weighted by atomic mass is 32.2. The molecule has 1 amide bonds. The molecule has 0 radical (unpaired) electrons. The Hall–Kier alpha value is -4.39. The zero-order valence-electron chi connectivity index (χ0n) is 23.3. The summed E-state index contributed by atoms with van der Waals surface area (Å²) in [4.78, 5) is 21.5. The van der Waals surface area contributed by atoms with E-state index in [-0.39, 0.29) is 40.0 Å². The first-order chi connectivity index (χ1) is 19.4. The largest absolute Gasteiger partial charge is 0.505 e. The van der Waals surface area contributed by atoms with Gasteiger partial charge in [0, 0.05) is 32.4 Å². The molecule has 41 heavy (non-hydrogen) atoms. The van der Waals surface area contributed by atoms with Gasteiger partial charge in [-0.2, -0.15) is 8.42 Å². The Kier molecular flexibility index (Phi) is 7.47. The first-order valence-electron chi connectivity index (χ1n) is 13.2. The number of aryl methyl sites for hydroxylation is 1. The zero-order chi connectivity index (χ0) is 29.4. The Labute approximate surface area is 239 Å². The molecule has 5 rings (SSSR count). The molecule has 1 aromatic carbocycles. The summed E-state index contributed by atoms with van der Waals surface area (Å²) in [5.41, 5.74) is -0.179. The number of pyridine rings is 1. The van der Waals surface area contributed by atoms with E-state index in [1.165, 1.54) is 12.1 Å². The summed E-state index contributed by atoms with van der Waals surface area (Å²) in [5.74, 6) is 1.40. The number of nitrogens with one attached hydrogen (secondary N) is 2. The highest BCUT2D eigenvalue weighted by molar-refractivity contribution is 7.89. The topological polar surface area (TPSA) is 153 Å². The van der Waals surface area contributed by atoms with Crippen LogP contribution in [0.15, 0.2) is 67.9 Å². The number of piperazine rings is 1. The van der Waals surface area contributed by atoms with Gasteiger partial charge in [0.2, 0.25) is 0 Å². The lowest BCUT2D eigenvalue weighted by Gasteiger charge is -2.35. The van der Waals surface area contributed by atoms with E-state index in [1.807, 2.05) is 58.0 Å². The lowest BCUT2D eigenvalue weighted by atomic mass is 9.85. The van der Waals surface area contributed by atoms with Crippen molar-refractivity contribution in [3.05, 3.63) is 71.8 Å². The Balaban J connectivity index is 1.33. The third kappa shape index (κ3) is 6.19. The maximum atomic E-state index is 13.4. The Morgan fingerprint density at radius 1 is 1.00 bits per heavy atom. The van der Waals surface area contributed by atoms with Crippen LogP contribution in [0.3, 0.4) is 0 Å². The Morgan fingerprint density at radius 2 is 1.73 bits per heavy atom. The number of para-hydroxylation sites is 1. The number of benzene rings is 1. The van der Waals surface area contributed by atoms with E-state index < -0.39 is 16.3 Å². The van der Waals surface area contributed by atoms with Crippen molar-refractivity contribution in [2.45, 2.75) is 33.7 Å². The molecule has 2 aromatic heterocycles. The number of aromatic nitrogens is 1. The van der Waals surface area contributed by atoms with Gasteiger partial charge in [0.1, 0.15) is 17.3 Å². The van der Waals surface area contributed by atoms with Crippen LogP contribution in [0.1, 0.15) is 48.7 Å². The second-order valence-corrected chi connectivity index (χ2v) is 12.3. The number of carbonyl (C=O) groups excluding carboxylic acids is 1. The second-order valence-electron chi connectivity index (χ2n) is 11.0. The number of amidine groups is 2. The number of furan rings is 1. The molecule has 1 atom stereocenters. The normalized spacial score (nSPS) is 17.6. The van der Waals surface area contributed by atoms with Crippen molar-refractivity contribution in [2.75, 3.05) is 36.4 Å². The Morgan fingerprint density at radius 3 is 2.37 bits per heavy atom. The summed E-state index contributed by atoms with van der Waals surface area (Å²) in [6.07, 6.45) is 1.73. The maximum Gasteiger partial charge on any atom is 0.367 e. The van der Waals surface area contributed by atoms with Gasteiger partial charge < -0.3 is 30.0 Å². The van der Waals surface area contributed by atoms with Crippen LogP contribution in [0.5, 0.6) is 5.75 Å². The molecule has 12 nitrogen and oxygen atoms in total. The van der Waals surface area contributed by atoms with Crippen molar-refractivity contribution in [2.24, 2.45) is 14.2 Å². The molecule has 13 heteroatoms. The fraction of sp³-hybridized carbons (Fsp3) is 0.357. The van der Waals surface area contributed by atoms with E-state index in [2.05, 4.69) is 29.3 Å². The average Bonchev–Trinajstić information content (AvgIpc) is 3.49. The lowest BCUT2D eigenvalue weighted by molar-refractivity contribution is 0.0743. The van der Waals surface area contributed by atoms with Crippen molar-refractivity contribution in [3.63, 3.8) is 0 Å². The number of anilines is 2. The number of nitrogens with zero attached hydrogens (tertiary/aromatic N) is 5. The van der Waals surface area contributed by atoms with Crippen LogP contribution in [0.2, 0.25) is 0 Å². The molecule has 216 valence electrons. The fourth-order valence-corrected chi connectivity index (χ4v) is 5.54. The predicted octanol–water partition coefficient (Wildman–Crippen LogP) is 3.50. The molecule has 1 fully saturated rings. The van der Waals surface area contributed by atoms with Crippen LogP contribution in [-0.4, -0.2) is 67.2 Å². The molecule has 0 unspecified atom stereocenters. The van der Waals surface area contributed by atoms with Crippen LogP contribution in [0.25, 0.3) is 0 Å². The van der Waals surface area contributed by atoms with Crippen LogP contribution < -0.4 is 15.5 Å². The highest BCUT2D eigenvalue weighted by Gasteiger charge is 2.34. The molecular weight excluding hydrogens is 546 g/mol. The number of hydrogen-bond acceptors (Lipinski definition) is 9. The van der Waals surface area contributed by atoms with Crippen LogP contribution >= 0.6 is 0 Å². The molecule has 1 saturated heterocycles. The summed E-state index contributed by atoms with van der Waals surface area (Å²) >= 11 is 0. The predicted molar refractivity (Wildman–Crippen MR) is 157 cm³/mol. The lowest BCUT2D eigenvalue weighted by Crippen LogP contribution is -2.49. The zero-order valence-corrected chi connectivity index (χ0v) is 24.1. The SMILES string of the molecule is Cc1ccc([C@H](NC2=NS(=O)(=O)N=C2Nc2cccc(C(=O)N3CCN(c4ccccn4)CC3)c2O)C(C)(C)C)o1. The van der Waals surface area contributed by atoms with Crippen molar-refractivity contribution >= 4 is 39.3 Å². The van der Waals surface area contributed by atoms with E-state index in [0.717, 1.165) is 5.82 Å². The van der Waals surface area contributed by atoms with Gasteiger partial charge in [-0.05, 0) is 48.7 Å². The minimum absolute atomic E-state index is 0.0271. The molecule has 3 aromatic rings. The van der Waals surface area contributed by atoms with Crippen molar-refractivity contribution in [1.82, 2.24) is 15.2 Å². The molecule has 0 spiro atoms. The standard InChI is InChI=1S/C28H33N7O5S/c1-18-11-12-21(40-18)24(28(2,3)4)31-26-25(32-41(38,39)33-26)30-20-9-7-8-19(23(20)36)27(37)35-16-14-34(15-17-35)22-10-5-6-13-29-22/h5-13,24,36H,14-17H2,1-4H3,(H,30,32)(H,31,33)/t24-/m0/s1. The molecule has 2 aliphatic heterocycles. The molecule has 0 bridgehead atoms. The molecule has 4 heterocycles. The minimum atomic E-state index is -4.16. The van der Waals surface area contributed by atoms with Crippen molar-refractivity contribution < 1.29 is 22.7 Å². The number of aromatic hydroxyl groups is 1. The van der Waals surface area contributed by atoms with Gasteiger partial charge in [-0.1, -0.05) is 32.9 Å². The third-order valence-corrected chi connectivity index (χ3v) is 7.72. The van der Waals surface area contributed by atoms with Gasteiger partial charge in [-0.3, -0.25) is 4.79 Å². The van der Waals surface area contributed by atoms with Gasteiger partial charge in [0.05, 0.1) is 17.3 Å². The minimum Gasteiger partial charge on any atom is -0.505 e. The summed E-state index contributed by atoms with van der Waals surface area (Å²) in [6, 6.07) is 13.6. The molecule has 3 N–H and O–H groups in total. The van der Waals surface area contributed by atoms with E-state index in [0.29, 0.717) is 37.7 Å². The van der Waals surface area contributed by atoms with Gasteiger partial charge in [0.25, 0.3) is 5.91 Å². The van der Waals surface area contributed by atoms with Crippen molar-refractivity contribution in [3.8, 4) is 5.75 Å². The summed E-state index contributed by atoms with van der Waals surface area (Å²) in [7, 11) is -4.16. The Bertz CT molecular complexity index is 1600. The summed E-state index contributed by atoms with van der Waals surface area (Å²) in [6.45, 7) is 9.89. The maximum absolute atomic E-state index is 13.4. The third-order valence-electron chi connectivity index (χ3n) is 6.89. The van der Waals surface area contributed by atoms with E-state index in [9.17, 15) is 18.3 Å². The molecule has 2 aliphatic rings. The fourth-order valence-electron chi connectivity index (χ4n) is 4.77. The van der Waals surface area contributed by atoms with Crippen LogP contribution in [-0.2, 0) is 10.2 Å². The molecular formula is C28H33N7O5S. The number of phenols is 1. The summed E-state index contributed by atoms with van der Waals surface area (Å²) < 4.78 is 38.1. The number of rotatable bonds is 5. The van der Waals surface area contributed by atoms with E-state index >= 15 is 0 Å². The van der Waals surface area contributed by atoms with Gasteiger partial charge in [-0.25, -0.2) is 4.98 Å². The quantitative estimate of drug-likeness (QED) is 0.386. The number of phenolic OH excluding ortho intramolecular Hbond substituents is 1. The number of carbonyl (C=O) groups is 1. The van der Waals surface area contributed by atoms with Gasteiger partial charge in [-0.15, -0.1) is 8.80 Å². The van der Waals surface area contributed by atoms with E-state index in [1.54, 1.807) is 17.2 Å². The van der Waals surface area contributed by atoms with Crippen LogP contribution in [0.4, 0.5) is 11.5 Å². The van der Waals surface area contributed by atoms with Crippen LogP contribution in [0, 0.1) is 12.3 Å². The van der Waals surface area contributed by atoms with Gasteiger partial charge >= 0.3 is 10.2 Å².